The van der Waals surface area contributed by atoms with Crippen LogP contribution < -0.4 is 16.0 Å². The van der Waals surface area contributed by atoms with Gasteiger partial charge >= 0.3 is 0 Å². The second-order valence-electron chi connectivity index (χ2n) is 5.46. The van der Waals surface area contributed by atoms with E-state index < -0.39 is 6.04 Å². The number of nitrogens with two attached hydrogens (primary N) is 1. The van der Waals surface area contributed by atoms with E-state index in [4.69, 9.17) is 5.73 Å². The highest BCUT2D eigenvalue weighted by Crippen LogP contribution is 2.34. The first kappa shape index (κ1) is 15.0. The van der Waals surface area contributed by atoms with Crippen LogP contribution in [0.1, 0.15) is 30.1 Å². The van der Waals surface area contributed by atoms with Crippen LogP contribution in [0.5, 0.6) is 0 Å². The first-order chi connectivity index (χ1) is 11.1. The third-order valence-electron chi connectivity index (χ3n) is 3.85. The highest BCUT2D eigenvalue weighted by Gasteiger charge is 2.36. The molecule has 1 aliphatic rings. The molecule has 1 aromatic carbocycles. The molecule has 0 aliphatic carbocycles. The van der Waals surface area contributed by atoms with E-state index in [9.17, 15) is 9.59 Å². The molecule has 0 fully saturated rings. The number of hydrogen-bond donors (Lipinski definition) is 2. The van der Waals surface area contributed by atoms with Gasteiger partial charge in [-0.25, -0.2) is 4.98 Å². The average molecular weight is 310 g/mol. The normalized spacial score (nSPS) is 16.7. The molecular formula is C17H18N4O2. The summed E-state index contributed by atoms with van der Waals surface area (Å²) >= 11 is 0. The SMILES string of the molecule is CCCC1C(=O)Nc2ccccc2N1C(=O)c1ccc(N)nc1. The highest BCUT2D eigenvalue weighted by molar-refractivity contribution is 6.16. The van der Waals surface area contributed by atoms with Crippen LogP contribution in [0.4, 0.5) is 17.2 Å². The van der Waals surface area contributed by atoms with Gasteiger partial charge in [-0.1, -0.05) is 25.5 Å². The predicted molar refractivity (Wildman–Crippen MR) is 89.2 cm³/mol. The number of para-hydroxylation sites is 2. The summed E-state index contributed by atoms with van der Waals surface area (Å²) < 4.78 is 0. The van der Waals surface area contributed by atoms with Gasteiger partial charge in [-0.2, -0.15) is 0 Å². The lowest BCUT2D eigenvalue weighted by Gasteiger charge is -2.36. The van der Waals surface area contributed by atoms with Crippen molar-refractivity contribution in [1.29, 1.82) is 0 Å². The maximum Gasteiger partial charge on any atom is 0.260 e. The first-order valence-electron chi connectivity index (χ1n) is 7.56. The number of amides is 2. The number of carbonyl (C=O) groups excluding carboxylic acids is 2. The zero-order valence-electron chi connectivity index (χ0n) is 12.8. The number of benzene rings is 1. The van der Waals surface area contributed by atoms with E-state index in [2.05, 4.69) is 10.3 Å². The van der Waals surface area contributed by atoms with Gasteiger partial charge in [-0.15, -0.1) is 0 Å². The van der Waals surface area contributed by atoms with Gasteiger partial charge in [0.25, 0.3) is 5.91 Å². The van der Waals surface area contributed by atoms with Gasteiger partial charge in [-0.3, -0.25) is 14.5 Å². The highest BCUT2D eigenvalue weighted by atomic mass is 16.2. The van der Waals surface area contributed by atoms with Crippen molar-refractivity contribution in [3.63, 3.8) is 0 Å². The Morgan fingerprint density at radius 1 is 1.30 bits per heavy atom. The molecule has 2 aromatic rings. The van der Waals surface area contributed by atoms with Crippen LogP contribution in [0, 0.1) is 0 Å². The van der Waals surface area contributed by atoms with Gasteiger partial charge in [0, 0.05) is 6.20 Å². The van der Waals surface area contributed by atoms with Crippen LogP contribution in [-0.4, -0.2) is 22.8 Å². The van der Waals surface area contributed by atoms with Crippen LogP contribution in [0.25, 0.3) is 0 Å². The molecule has 3 rings (SSSR count). The lowest BCUT2D eigenvalue weighted by atomic mass is 10.0. The Morgan fingerprint density at radius 2 is 2.09 bits per heavy atom. The molecule has 3 N–H and O–H groups in total. The summed E-state index contributed by atoms with van der Waals surface area (Å²) in [6.07, 6.45) is 2.83. The Kier molecular flexibility index (Phi) is 3.97. The summed E-state index contributed by atoms with van der Waals surface area (Å²) in [6, 6.07) is 9.98. The lowest BCUT2D eigenvalue weighted by molar-refractivity contribution is -0.117. The van der Waals surface area contributed by atoms with E-state index in [-0.39, 0.29) is 11.8 Å². The molecule has 2 amide bonds. The predicted octanol–water partition coefficient (Wildman–Crippen LogP) is 2.43. The lowest BCUT2D eigenvalue weighted by Crippen LogP contribution is -2.51. The van der Waals surface area contributed by atoms with Crippen molar-refractivity contribution in [2.75, 3.05) is 16.0 Å². The number of nitrogens with one attached hydrogen (secondary N) is 1. The van der Waals surface area contributed by atoms with Gasteiger partial charge in [0.05, 0.1) is 16.9 Å². The van der Waals surface area contributed by atoms with Crippen molar-refractivity contribution in [3.05, 3.63) is 48.2 Å². The van der Waals surface area contributed by atoms with Crippen LogP contribution in [-0.2, 0) is 4.79 Å². The molecule has 0 saturated carbocycles. The number of anilines is 3. The summed E-state index contributed by atoms with van der Waals surface area (Å²) in [5.74, 6) is -0.0657. The van der Waals surface area contributed by atoms with E-state index in [1.807, 2.05) is 25.1 Å². The molecule has 1 aliphatic heterocycles. The molecular weight excluding hydrogens is 292 g/mol. The number of aromatic nitrogens is 1. The molecule has 2 heterocycles. The Hall–Kier alpha value is -2.89. The number of nitrogens with zero attached hydrogens (tertiary/aromatic N) is 2. The summed E-state index contributed by atoms with van der Waals surface area (Å²) in [6.45, 7) is 1.99. The van der Waals surface area contributed by atoms with Crippen molar-refractivity contribution < 1.29 is 9.59 Å². The summed E-state index contributed by atoms with van der Waals surface area (Å²) in [4.78, 5) is 30.9. The minimum Gasteiger partial charge on any atom is -0.384 e. The average Bonchev–Trinajstić information content (AvgIpc) is 2.56. The smallest absolute Gasteiger partial charge is 0.260 e. The number of hydrogen-bond acceptors (Lipinski definition) is 4. The van der Waals surface area contributed by atoms with Crippen molar-refractivity contribution >= 4 is 29.0 Å². The first-order valence-corrected chi connectivity index (χ1v) is 7.56. The third-order valence-corrected chi connectivity index (χ3v) is 3.85. The monoisotopic (exact) mass is 310 g/mol. The number of nitrogen functional groups attached to an aromatic ring is 1. The Labute approximate surface area is 134 Å². The molecule has 1 aromatic heterocycles. The Balaban J connectivity index is 2.06. The van der Waals surface area contributed by atoms with Crippen LogP contribution in [0.2, 0.25) is 0 Å². The maximum absolute atomic E-state index is 13.0. The molecule has 0 saturated heterocycles. The number of fused-ring (bicyclic) bond motifs is 1. The van der Waals surface area contributed by atoms with E-state index >= 15 is 0 Å². The standard InChI is InChI=1S/C17H18N4O2/c1-2-5-14-16(22)20-12-6-3-4-7-13(12)21(14)17(23)11-8-9-15(18)19-10-11/h3-4,6-10,14H,2,5H2,1H3,(H2,18,19)(H,20,22). The van der Waals surface area contributed by atoms with E-state index in [1.165, 1.54) is 6.20 Å². The summed E-state index contributed by atoms with van der Waals surface area (Å²) in [5, 5.41) is 2.87. The van der Waals surface area contributed by atoms with Crippen LogP contribution in [0.3, 0.4) is 0 Å². The molecule has 6 nitrogen and oxygen atoms in total. The number of rotatable bonds is 3. The molecule has 6 heteroatoms. The number of pyridine rings is 1. The zero-order valence-corrected chi connectivity index (χ0v) is 12.8. The second-order valence-corrected chi connectivity index (χ2v) is 5.46. The van der Waals surface area contributed by atoms with Gasteiger partial charge in [-0.05, 0) is 30.7 Å². The van der Waals surface area contributed by atoms with E-state index in [0.29, 0.717) is 29.2 Å². The fourth-order valence-corrected chi connectivity index (χ4v) is 2.75. The summed E-state index contributed by atoms with van der Waals surface area (Å²) in [5.41, 5.74) is 7.33. The van der Waals surface area contributed by atoms with Gasteiger partial charge in [0.2, 0.25) is 5.91 Å². The van der Waals surface area contributed by atoms with Gasteiger partial charge < -0.3 is 11.1 Å². The minimum atomic E-state index is -0.528. The third kappa shape index (κ3) is 2.75. The van der Waals surface area contributed by atoms with Gasteiger partial charge in [0.15, 0.2) is 0 Å². The van der Waals surface area contributed by atoms with Gasteiger partial charge in [0.1, 0.15) is 11.9 Å². The molecule has 118 valence electrons. The van der Waals surface area contributed by atoms with Crippen LogP contribution in [0.15, 0.2) is 42.6 Å². The van der Waals surface area contributed by atoms with Crippen molar-refractivity contribution in [2.24, 2.45) is 0 Å². The van der Waals surface area contributed by atoms with Crippen molar-refractivity contribution in [3.8, 4) is 0 Å². The Morgan fingerprint density at radius 3 is 2.78 bits per heavy atom. The van der Waals surface area contributed by atoms with Crippen molar-refractivity contribution in [2.45, 2.75) is 25.8 Å². The fraction of sp³-hybridized carbons (Fsp3) is 0.235. The quantitative estimate of drug-likeness (QED) is 0.911. The molecule has 1 unspecified atom stereocenters. The molecule has 0 spiro atoms. The van der Waals surface area contributed by atoms with E-state index in [0.717, 1.165) is 6.42 Å². The second kappa shape index (κ2) is 6.08. The van der Waals surface area contributed by atoms with Crippen molar-refractivity contribution in [1.82, 2.24) is 4.98 Å². The topological polar surface area (TPSA) is 88.3 Å². The molecule has 0 radical (unpaired) electrons. The molecule has 1 atom stereocenters. The summed E-state index contributed by atoms with van der Waals surface area (Å²) in [7, 11) is 0. The van der Waals surface area contributed by atoms with Crippen LogP contribution >= 0.6 is 0 Å². The minimum absolute atomic E-state index is 0.165. The molecule has 0 bridgehead atoms. The fourth-order valence-electron chi connectivity index (χ4n) is 2.75. The number of carbonyl (C=O) groups is 2. The molecule has 23 heavy (non-hydrogen) atoms. The maximum atomic E-state index is 13.0. The van der Waals surface area contributed by atoms with E-state index in [1.54, 1.807) is 23.1 Å². The Bertz CT molecular complexity index is 743. The zero-order chi connectivity index (χ0) is 16.4. The largest absolute Gasteiger partial charge is 0.384 e.